The second-order valence-corrected chi connectivity index (χ2v) is 3.72. The van der Waals surface area contributed by atoms with E-state index >= 15 is 0 Å². The lowest BCUT2D eigenvalue weighted by atomic mass is 10.0. The molecular formula is C13H17NO4. The SMILES string of the molecule is CCONC(=O)Cc1cc(C(C)=O)ccc1OC. The first-order valence-electron chi connectivity index (χ1n) is 5.67. The average molecular weight is 251 g/mol. The molecule has 0 aliphatic carbocycles. The molecule has 0 atom stereocenters. The van der Waals surface area contributed by atoms with Crippen molar-refractivity contribution in [3.8, 4) is 5.75 Å². The zero-order valence-electron chi connectivity index (χ0n) is 10.8. The third-order valence-corrected chi connectivity index (χ3v) is 2.37. The van der Waals surface area contributed by atoms with Crippen LogP contribution in [0.2, 0.25) is 0 Å². The number of methoxy groups -OCH3 is 1. The maximum absolute atomic E-state index is 11.5. The van der Waals surface area contributed by atoms with Crippen molar-refractivity contribution >= 4 is 11.7 Å². The van der Waals surface area contributed by atoms with Crippen LogP contribution in [0.3, 0.4) is 0 Å². The Balaban J connectivity index is 2.87. The van der Waals surface area contributed by atoms with Crippen molar-refractivity contribution in [2.45, 2.75) is 20.3 Å². The molecule has 0 aromatic heterocycles. The summed E-state index contributed by atoms with van der Waals surface area (Å²) in [6, 6.07) is 5.01. The highest BCUT2D eigenvalue weighted by Crippen LogP contribution is 2.20. The van der Waals surface area contributed by atoms with E-state index in [1.807, 2.05) is 0 Å². The zero-order chi connectivity index (χ0) is 13.5. The summed E-state index contributed by atoms with van der Waals surface area (Å²) in [5.74, 6) is 0.242. The molecule has 1 amide bonds. The third kappa shape index (κ3) is 3.85. The minimum absolute atomic E-state index is 0.0517. The fourth-order valence-electron chi connectivity index (χ4n) is 1.50. The lowest BCUT2D eigenvalue weighted by Crippen LogP contribution is -2.25. The molecule has 0 fully saturated rings. The van der Waals surface area contributed by atoms with Crippen molar-refractivity contribution in [3.63, 3.8) is 0 Å². The third-order valence-electron chi connectivity index (χ3n) is 2.37. The number of ether oxygens (including phenoxy) is 1. The summed E-state index contributed by atoms with van der Waals surface area (Å²) in [6.45, 7) is 3.65. The molecule has 0 unspecified atom stereocenters. The number of hydroxylamine groups is 1. The van der Waals surface area contributed by atoms with Crippen LogP contribution in [0.25, 0.3) is 0 Å². The van der Waals surface area contributed by atoms with Gasteiger partial charge in [0, 0.05) is 11.1 Å². The van der Waals surface area contributed by atoms with Gasteiger partial charge in [-0.25, -0.2) is 5.48 Å². The van der Waals surface area contributed by atoms with Crippen LogP contribution in [0.5, 0.6) is 5.75 Å². The van der Waals surface area contributed by atoms with Gasteiger partial charge in [-0.3, -0.25) is 14.4 Å². The number of ketones is 1. The van der Waals surface area contributed by atoms with Gasteiger partial charge in [0.1, 0.15) is 5.75 Å². The van der Waals surface area contributed by atoms with Gasteiger partial charge < -0.3 is 4.74 Å². The Labute approximate surface area is 106 Å². The summed E-state index contributed by atoms with van der Waals surface area (Å²) in [4.78, 5) is 27.6. The van der Waals surface area contributed by atoms with E-state index in [2.05, 4.69) is 5.48 Å². The van der Waals surface area contributed by atoms with Gasteiger partial charge in [-0.1, -0.05) is 0 Å². The van der Waals surface area contributed by atoms with Crippen molar-refractivity contribution < 1.29 is 19.2 Å². The summed E-state index contributed by atoms with van der Waals surface area (Å²) >= 11 is 0. The quantitative estimate of drug-likeness (QED) is 0.615. The van der Waals surface area contributed by atoms with E-state index in [1.165, 1.54) is 14.0 Å². The van der Waals surface area contributed by atoms with Crippen molar-refractivity contribution in [2.75, 3.05) is 13.7 Å². The molecule has 1 aromatic carbocycles. The van der Waals surface area contributed by atoms with Crippen molar-refractivity contribution in [1.82, 2.24) is 5.48 Å². The van der Waals surface area contributed by atoms with E-state index in [4.69, 9.17) is 9.57 Å². The number of rotatable bonds is 6. The maximum Gasteiger partial charge on any atom is 0.248 e. The molecule has 0 aliphatic rings. The van der Waals surface area contributed by atoms with Crippen LogP contribution in [-0.4, -0.2) is 25.4 Å². The Morgan fingerprint density at radius 3 is 2.61 bits per heavy atom. The molecule has 98 valence electrons. The summed E-state index contributed by atoms with van der Waals surface area (Å²) < 4.78 is 5.15. The number of benzene rings is 1. The number of hydrogen-bond acceptors (Lipinski definition) is 4. The number of nitrogens with one attached hydrogen (secondary N) is 1. The molecule has 0 radical (unpaired) electrons. The van der Waals surface area contributed by atoms with E-state index in [0.717, 1.165) is 0 Å². The van der Waals surface area contributed by atoms with Gasteiger partial charge in [0.2, 0.25) is 5.91 Å². The van der Waals surface area contributed by atoms with Gasteiger partial charge in [0.15, 0.2) is 5.78 Å². The van der Waals surface area contributed by atoms with Gasteiger partial charge >= 0.3 is 0 Å². The smallest absolute Gasteiger partial charge is 0.248 e. The molecule has 0 bridgehead atoms. The molecule has 0 aliphatic heterocycles. The summed E-state index contributed by atoms with van der Waals surface area (Å²) in [6.07, 6.45) is 0.101. The average Bonchev–Trinajstić information content (AvgIpc) is 2.36. The van der Waals surface area contributed by atoms with Crippen LogP contribution in [-0.2, 0) is 16.1 Å². The monoisotopic (exact) mass is 251 g/mol. The van der Waals surface area contributed by atoms with Gasteiger partial charge in [-0.15, -0.1) is 0 Å². The van der Waals surface area contributed by atoms with Crippen LogP contribution < -0.4 is 10.2 Å². The van der Waals surface area contributed by atoms with Gasteiger partial charge in [-0.2, -0.15) is 0 Å². The predicted molar refractivity (Wildman–Crippen MR) is 66.5 cm³/mol. The second kappa shape index (κ2) is 6.76. The fraction of sp³-hybridized carbons (Fsp3) is 0.385. The normalized spacial score (nSPS) is 9.94. The maximum atomic E-state index is 11.5. The van der Waals surface area contributed by atoms with Crippen LogP contribution in [0.1, 0.15) is 29.8 Å². The standard InChI is InChI=1S/C13H17NO4/c1-4-18-14-13(16)8-11-7-10(9(2)15)5-6-12(11)17-3/h5-7H,4,8H2,1-3H3,(H,14,16). The minimum Gasteiger partial charge on any atom is -0.496 e. The highest BCUT2D eigenvalue weighted by molar-refractivity contribution is 5.94. The van der Waals surface area contributed by atoms with Crippen LogP contribution >= 0.6 is 0 Å². The van der Waals surface area contributed by atoms with Gasteiger partial charge in [0.25, 0.3) is 0 Å². The van der Waals surface area contributed by atoms with E-state index < -0.39 is 0 Å². The Morgan fingerprint density at radius 1 is 1.33 bits per heavy atom. The summed E-state index contributed by atoms with van der Waals surface area (Å²) in [5, 5.41) is 0. The molecule has 18 heavy (non-hydrogen) atoms. The lowest BCUT2D eigenvalue weighted by molar-refractivity contribution is -0.132. The first-order chi connectivity index (χ1) is 8.58. The number of Topliss-reactive ketones (excluding diaryl/α,β-unsaturated/α-hetero) is 1. The molecule has 1 rings (SSSR count). The Morgan fingerprint density at radius 2 is 2.06 bits per heavy atom. The number of carbonyl (C=O) groups is 2. The molecule has 5 nitrogen and oxygen atoms in total. The number of hydrogen-bond donors (Lipinski definition) is 1. The summed E-state index contributed by atoms with van der Waals surface area (Å²) in [5.41, 5.74) is 3.51. The van der Waals surface area contributed by atoms with Crippen LogP contribution in [0.15, 0.2) is 18.2 Å². The molecule has 0 spiro atoms. The number of amides is 1. The highest BCUT2D eigenvalue weighted by atomic mass is 16.6. The molecule has 0 saturated heterocycles. The highest BCUT2D eigenvalue weighted by Gasteiger charge is 2.11. The van der Waals surface area contributed by atoms with Gasteiger partial charge in [0.05, 0.1) is 20.1 Å². The topological polar surface area (TPSA) is 64.6 Å². The molecular weight excluding hydrogens is 234 g/mol. The summed E-state index contributed by atoms with van der Waals surface area (Å²) in [7, 11) is 1.52. The second-order valence-electron chi connectivity index (χ2n) is 3.72. The fourth-order valence-corrected chi connectivity index (χ4v) is 1.50. The van der Waals surface area contributed by atoms with E-state index in [-0.39, 0.29) is 18.1 Å². The molecule has 0 heterocycles. The van der Waals surface area contributed by atoms with Crippen molar-refractivity contribution in [1.29, 1.82) is 0 Å². The largest absolute Gasteiger partial charge is 0.496 e. The van der Waals surface area contributed by atoms with E-state index in [1.54, 1.807) is 25.1 Å². The molecule has 1 aromatic rings. The minimum atomic E-state index is -0.282. The molecule has 5 heteroatoms. The first kappa shape index (κ1) is 14.2. The van der Waals surface area contributed by atoms with Crippen LogP contribution in [0.4, 0.5) is 0 Å². The zero-order valence-corrected chi connectivity index (χ0v) is 10.8. The predicted octanol–water partition coefficient (Wildman–Crippen LogP) is 1.51. The molecule has 1 N–H and O–H groups in total. The lowest BCUT2D eigenvalue weighted by Gasteiger charge is -2.10. The Hall–Kier alpha value is -1.88. The van der Waals surface area contributed by atoms with Crippen molar-refractivity contribution in [3.05, 3.63) is 29.3 Å². The van der Waals surface area contributed by atoms with Crippen molar-refractivity contribution in [2.24, 2.45) is 0 Å². The Bertz CT molecular complexity index is 443. The van der Waals surface area contributed by atoms with E-state index in [9.17, 15) is 9.59 Å². The first-order valence-corrected chi connectivity index (χ1v) is 5.67. The Kier molecular flexibility index (Phi) is 5.32. The molecule has 0 saturated carbocycles. The number of carbonyl (C=O) groups excluding carboxylic acids is 2. The van der Waals surface area contributed by atoms with Crippen LogP contribution in [0, 0.1) is 0 Å². The van der Waals surface area contributed by atoms with Gasteiger partial charge in [-0.05, 0) is 32.0 Å². The van der Waals surface area contributed by atoms with E-state index in [0.29, 0.717) is 23.5 Å².